The largest absolute Gasteiger partial charge is 0.478 e. The lowest BCUT2D eigenvalue weighted by atomic mass is 10.0. The van der Waals surface area contributed by atoms with Gasteiger partial charge in [-0.3, -0.25) is 0 Å². The first-order valence-corrected chi connectivity index (χ1v) is 4.42. The van der Waals surface area contributed by atoms with Crippen molar-refractivity contribution in [2.75, 3.05) is 0 Å². The van der Waals surface area contributed by atoms with Gasteiger partial charge in [0.1, 0.15) is 0 Å². The molecule has 2 nitrogen and oxygen atoms in total. The van der Waals surface area contributed by atoms with Gasteiger partial charge < -0.3 is 5.11 Å². The number of rotatable bonds is 1. The Morgan fingerprint density at radius 1 is 1.23 bits per heavy atom. The van der Waals surface area contributed by atoms with E-state index in [-0.39, 0.29) is 0 Å². The molecule has 0 fully saturated rings. The molecule has 0 unspecified atom stereocenters. The predicted molar refractivity (Wildman–Crippen MR) is 54.2 cm³/mol. The zero-order chi connectivity index (χ0) is 10.4. The Morgan fingerprint density at radius 2 is 1.77 bits per heavy atom. The van der Waals surface area contributed by atoms with E-state index in [2.05, 4.69) is 0 Å². The Morgan fingerprint density at radius 3 is 2.15 bits per heavy atom. The van der Waals surface area contributed by atoms with Crippen LogP contribution in [0.15, 0.2) is 18.2 Å². The summed E-state index contributed by atoms with van der Waals surface area (Å²) in [4.78, 5) is 10.6. The van der Waals surface area contributed by atoms with Crippen molar-refractivity contribution in [3.05, 3.63) is 34.9 Å². The van der Waals surface area contributed by atoms with Gasteiger partial charge in [-0.2, -0.15) is 0 Å². The summed E-state index contributed by atoms with van der Waals surface area (Å²) in [5.74, 6) is -0.855. The summed E-state index contributed by atoms with van der Waals surface area (Å²) in [5, 5.41) is 8.69. The normalized spacial score (nSPS) is 8.62. The predicted octanol–water partition coefficient (Wildman–Crippen LogP) is 3.03. The van der Waals surface area contributed by atoms with E-state index in [1.54, 1.807) is 12.1 Å². The Balaban J connectivity index is 0.000000671. The van der Waals surface area contributed by atoms with E-state index >= 15 is 0 Å². The summed E-state index contributed by atoms with van der Waals surface area (Å²) in [6.07, 6.45) is 0. The van der Waals surface area contributed by atoms with E-state index in [0.717, 1.165) is 11.1 Å². The molecule has 1 aromatic carbocycles. The molecule has 1 rings (SSSR count). The Hall–Kier alpha value is -1.31. The van der Waals surface area contributed by atoms with E-state index in [1.165, 1.54) is 0 Å². The third kappa shape index (κ3) is 2.90. The molecule has 0 aliphatic carbocycles. The maximum Gasteiger partial charge on any atom is 0.335 e. The van der Waals surface area contributed by atoms with Crippen LogP contribution in [0.3, 0.4) is 0 Å². The minimum Gasteiger partial charge on any atom is -0.478 e. The molecule has 0 heterocycles. The van der Waals surface area contributed by atoms with Gasteiger partial charge in [-0.05, 0) is 31.0 Å². The minimum absolute atomic E-state index is 0.394. The van der Waals surface area contributed by atoms with Crippen molar-refractivity contribution in [1.82, 2.24) is 0 Å². The van der Waals surface area contributed by atoms with Crippen LogP contribution in [0.5, 0.6) is 0 Å². The molecule has 0 bridgehead atoms. The van der Waals surface area contributed by atoms with E-state index in [0.29, 0.717) is 5.56 Å². The zero-order valence-corrected chi connectivity index (χ0v) is 8.59. The third-order valence-corrected chi connectivity index (χ3v) is 1.84. The van der Waals surface area contributed by atoms with Crippen LogP contribution in [0.25, 0.3) is 0 Å². The van der Waals surface area contributed by atoms with Crippen LogP contribution in [0.2, 0.25) is 0 Å². The first-order valence-electron chi connectivity index (χ1n) is 4.42. The average Bonchev–Trinajstić information content (AvgIpc) is 2.13. The first kappa shape index (κ1) is 11.7. The second kappa shape index (κ2) is 5.36. The molecule has 0 atom stereocenters. The second-order valence-electron chi connectivity index (χ2n) is 2.55. The van der Waals surface area contributed by atoms with E-state index in [4.69, 9.17) is 5.11 Å². The van der Waals surface area contributed by atoms with Gasteiger partial charge in [0.15, 0.2) is 0 Å². The smallest absolute Gasteiger partial charge is 0.335 e. The maximum absolute atomic E-state index is 10.6. The monoisotopic (exact) mass is 180 g/mol. The second-order valence-corrected chi connectivity index (χ2v) is 2.55. The van der Waals surface area contributed by atoms with Crippen LogP contribution in [-0.4, -0.2) is 11.1 Å². The van der Waals surface area contributed by atoms with Crippen molar-refractivity contribution in [1.29, 1.82) is 0 Å². The number of hydrogen-bond donors (Lipinski definition) is 1. The highest BCUT2D eigenvalue weighted by Crippen LogP contribution is 2.11. The van der Waals surface area contributed by atoms with Crippen molar-refractivity contribution < 1.29 is 9.90 Å². The van der Waals surface area contributed by atoms with Crippen LogP contribution in [0.4, 0.5) is 0 Å². The maximum atomic E-state index is 10.6. The van der Waals surface area contributed by atoms with Crippen molar-refractivity contribution >= 4 is 5.97 Å². The van der Waals surface area contributed by atoms with E-state index < -0.39 is 5.97 Å². The highest BCUT2D eigenvalue weighted by Gasteiger charge is 2.06. The molecule has 1 aromatic rings. The Kier molecular flexibility index (Phi) is 4.82. The summed E-state index contributed by atoms with van der Waals surface area (Å²) in [6, 6.07) is 5.28. The topological polar surface area (TPSA) is 37.3 Å². The molecule has 0 radical (unpaired) electrons. The molecule has 0 amide bonds. The van der Waals surface area contributed by atoms with Crippen LogP contribution in [0, 0.1) is 13.8 Å². The highest BCUT2D eigenvalue weighted by molar-refractivity contribution is 5.89. The third-order valence-electron chi connectivity index (χ3n) is 1.84. The molecule has 13 heavy (non-hydrogen) atoms. The molecule has 72 valence electrons. The summed E-state index contributed by atoms with van der Waals surface area (Å²) >= 11 is 0. The van der Waals surface area contributed by atoms with Gasteiger partial charge in [0.2, 0.25) is 0 Å². The van der Waals surface area contributed by atoms with Gasteiger partial charge >= 0.3 is 5.97 Å². The summed E-state index contributed by atoms with van der Waals surface area (Å²) in [6.45, 7) is 7.72. The van der Waals surface area contributed by atoms with E-state index in [9.17, 15) is 4.79 Å². The van der Waals surface area contributed by atoms with E-state index in [1.807, 2.05) is 33.8 Å². The molecular weight excluding hydrogens is 164 g/mol. The molecular formula is C11H16O2. The lowest BCUT2D eigenvalue weighted by molar-refractivity contribution is 0.0696. The van der Waals surface area contributed by atoms with Gasteiger partial charge in [0.05, 0.1) is 5.56 Å². The molecule has 2 heteroatoms. The quantitative estimate of drug-likeness (QED) is 0.721. The van der Waals surface area contributed by atoms with Gasteiger partial charge in [0, 0.05) is 0 Å². The highest BCUT2D eigenvalue weighted by atomic mass is 16.4. The number of aromatic carboxylic acids is 1. The van der Waals surface area contributed by atoms with Gasteiger partial charge in [0.25, 0.3) is 0 Å². The molecule has 0 saturated carbocycles. The van der Waals surface area contributed by atoms with Crippen LogP contribution in [0.1, 0.15) is 35.3 Å². The van der Waals surface area contributed by atoms with Gasteiger partial charge in [-0.15, -0.1) is 0 Å². The molecule has 0 aliphatic rings. The standard InChI is InChI=1S/C9H10O2.C2H6/c1-6-4-3-5-8(7(6)2)9(10)11;1-2/h3-5H,1-2H3,(H,10,11);1-2H3. The number of aryl methyl sites for hydroxylation is 1. The summed E-state index contributed by atoms with van der Waals surface area (Å²) < 4.78 is 0. The summed E-state index contributed by atoms with van der Waals surface area (Å²) in [7, 11) is 0. The number of carboxylic acids is 1. The lowest BCUT2D eigenvalue weighted by Gasteiger charge is -2.02. The fourth-order valence-electron chi connectivity index (χ4n) is 0.983. The molecule has 1 N–H and O–H groups in total. The number of carboxylic acid groups (broad SMARTS) is 1. The van der Waals surface area contributed by atoms with Crippen molar-refractivity contribution in [3.8, 4) is 0 Å². The van der Waals surface area contributed by atoms with Gasteiger partial charge in [-0.25, -0.2) is 4.79 Å². The van der Waals surface area contributed by atoms with Crippen LogP contribution >= 0.6 is 0 Å². The first-order chi connectivity index (χ1) is 6.13. The molecule has 0 saturated heterocycles. The number of hydrogen-bond acceptors (Lipinski definition) is 1. The van der Waals surface area contributed by atoms with Crippen molar-refractivity contribution in [2.24, 2.45) is 0 Å². The molecule has 0 aliphatic heterocycles. The van der Waals surface area contributed by atoms with Crippen molar-refractivity contribution in [2.45, 2.75) is 27.7 Å². The fraction of sp³-hybridized carbons (Fsp3) is 0.364. The molecule has 0 aromatic heterocycles. The Labute approximate surface area is 79.2 Å². The minimum atomic E-state index is -0.855. The fourth-order valence-corrected chi connectivity index (χ4v) is 0.983. The number of carbonyl (C=O) groups is 1. The van der Waals surface area contributed by atoms with Crippen LogP contribution < -0.4 is 0 Å². The number of benzene rings is 1. The van der Waals surface area contributed by atoms with Crippen LogP contribution in [-0.2, 0) is 0 Å². The zero-order valence-electron chi connectivity index (χ0n) is 8.59. The van der Waals surface area contributed by atoms with Gasteiger partial charge in [-0.1, -0.05) is 26.0 Å². The summed E-state index contributed by atoms with van der Waals surface area (Å²) in [5.41, 5.74) is 2.26. The SMILES string of the molecule is CC.Cc1cccc(C(=O)O)c1C. The Bertz CT molecular complexity index is 290. The molecule has 0 spiro atoms. The lowest BCUT2D eigenvalue weighted by Crippen LogP contribution is -2.00. The average molecular weight is 180 g/mol. The van der Waals surface area contributed by atoms with Crippen molar-refractivity contribution in [3.63, 3.8) is 0 Å².